The van der Waals surface area contributed by atoms with Gasteiger partial charge in [-0.3, -0.25) is 4.79 Å². The molecule has 2 aromatic rings. The third-order valence-electron chi connectivity index (χ3n) is 2.04. The molecule has 0 bridgehead atoms. The van der Waals surface area contributed by atoms with Crippen LogP contribution in [0.15, 0.2) is 28.7 Å². The number of hydrogen-bond acceptors (Lipinski definition) is 2. The van der Waals surface area contributed by atoms with E-state index in [9.17, 15) is 18.0 Å². The molecule has 0 spiro atoms. The van der Waals surface area contributed by atoms with Crippen molar-refractivity contribution < 1.29 is 22.4 Å². The molecular weight excluding hydrogens is 221 g/mol. The van der Waals surface area contributed by atoms with Gasteiger partial charge in [0.2, 0.25) is 0 Å². The van der Waals surface area contributed by atoms with Crippen LogP contribution in [0, 0.1) is 17.5 Å². The quantitative estimate of drug-likeness (QED) is 0.581. The molecular formula is C11H5F3O2. The largest absolute Gasteiger partial charge is 0.453 e. The van der Waals surface area contributed by atoms with Crippen molar-refractivity contribution in [3.63, 3.8) is 0 Å². The van der Waals surface area contributed by atoms with Crippen molar-refractivity contribution in [2.45, 2.75) is 0 Å². The first-order chi connectivity index (χ1) is 7.63. The van der Waals surface area contributed by atoms with Gasteiger partial charge in [0.15, 0.2) is 29.5 Å². The van der Waals surface area contributed by atoms with E-state index in [1.165, 1.54) is 12.1 Å². The zero-order chi connectivity index (χ0) is 11.7. The molecule has 0 atom stereocenters. The summed E-state index contributed by atoms with van der Waals surface area (Å²) < 4.78 is 43.7. The van der Waals surface area contributed by atoms with Crippen molar-refractivity contribution in [1.29, 1.82) is 0 Å². The van der Waals surface area contributed by atoms with Crippen LogP contribution in [-0.2, 0) is 0 Å². The van der Waals surface area contributed by atoms with Crippen molar-refractivity contribution in [1.82, 2.24) is 0 Å². The lowest BCUT2D eigenvalue weighted by Crippen LogP contribution is -1.92. The van der Waals surface area contributed by atoms with Gasteiger partial charge in [-0.15, -0.1) is 0 Å². The third-order valence-corrected chi connectivity index (χ3v) is 2.04. The summed E-state index contributed by atoms with van der Waals surface area (Å²) >= 11 is 0. The summed E-state index contributed by atoms with van der Waals surface area (Å²) in [5.41, 5.74) is -0.230. The molecule has 0 radical (unpaired) electrons. The summed E-state index contributed by atoms with van der Waals surface area (Å²) in [5, 5.41) is 0. The average molecular weight is 226 g/mol. The Kier molecular flexibility index (Phi) is 2.52. The number of rotatable bonds is 2. The fourth-order valence-corrected chi connectivity index (χ4v) is 1.28. The van der Waals surface area contributed by atoms with Crippen molar-refractivity contribution in [3.05, 3.63) is 47.5 Å². The number of carbonyl (C=O) groups excluding carboxylic acids is 1. The second kappa shape index (κ2) is 3.84. The summed E-state index contributed by atoms with van der Waals surface area (Å²) in [5.74, 6) is -4.23. The van der Waals surface area contributed by atoms with E-state index in [1.54, 1.807) is 0 Å². The molecule has 0 saturated heterocycles. The van der Waals surface area contributed by atoms with E-state index < -0.39 is 17.5 Å². The Morgan fingerprint density at radius 1 is 1.00 bits per heavy atom. The lowest BCUT2D eigenvalue weighted by atomic mass is 10.1. The molecule has 0 aliphatic rings. The number of halogens is 3. The highest BCUT2D eigenvalue weighted by molar-refractivity contribution is 5.72. The van der Waals surface area contributed by atoms with Crippen molar-refractivity contribution >= 4 is 6.29 Å². The van der Waals surface area contributed by atoms with E-state index in [2.05, 4.69) is 0 Å². The Balaban J connectivity index is 2.56. The number of furan rings is 1. The number of benzene rings is 1. The maximum absolute atomic E-state index is 13.3. The van der Waals surface area contributed by atoms with Gasteiger partial charge in [-0.05, 0) is 24.3 Å². The minimum Gasteiger partial charge on any atom is -0.453 e. The standard InChI is InChI=1S/C11H5F3O2/c12-8-3-2-7(10(13)11(8)14)9-4-1-6(5-15)16-9/h1-5H. The summed E-state index contributed by atoms with van der Waals surface area (Å²) in [6.07, 6.45) is 0.432. The predicted molar refractivity (Wildman–Crippen MR) is 49.4 cm³/mol. The highest BCUT2D eigenvalue weighted by Crippen LogP contribution is 2.27. The van der Waals surface area contributed by atoms with E-state index in [-0.39, 0.29) is 17.1 Å². The zero-order valence-corrected chi connectivity index (χ0v) is 7.84. The molecule has 1 aromatic heterocycles. The van der Waals surface area contributed by atoms with Gasteiger partial charge in [-0.2, -0.15) is 0 Å². The topological polar surface area (TPSA) is 30.2 Å². The van der Waals surface area contributed by atoms with Crippen LogP contribution in [0.3, 0.4) is 0 Å². The summed E-state index contributed by atoms with van der Waals surface area (Å²) in [4.78, 5) is 10.3. The van der Waals surface area contributed by atoms with Gasteiger partial charge in [0, 0.05) is 0 Å². The molecule has 82 valence electrons. The first kappa shape index (κ1) is 10.5. The fourth-order valence-electron chi connectivity index (χ4n) is 1.28. The Morgan fingerprint density at radius 2 is 1.75 bits per heavy atom. The Morgan fingerprint density at radius 3 is 2.38 bits per heavy atom. The summed E-state index contributed by atoms with van der Waals surface area (Å²) in [7, 11) is 0. The van der Waals surface area contributed by atoms with Crippen molar-refractivity contribution in [2.75, 3.05) is 0 Å². The summed E-state index contributed by atoms with van der Waals surface area (Å²) in [6.45, 7) is 0. The van der Waals surface area contributed by atoms with E-state index in [0.29, 0.717) is 6.29 Å². The lowest BCUT2D eigenvalue weighted by molar-refractivity contribution is 0.110. The molecule has 0 saturated carbocycles. The highest BCUT2D eigenvalue weighted by atomic mass is 19.2. The molecule has 0 amide bonds. The fraction of sp³-hybridized carbons (Fsp3) is 0. The van der Waals surface area contributed by atoms with Crippen molar-refractivity contribution in [3.8, 4) is 11.3 Å². The Hall–Kier alpha value is -2.04. The number of carbonyl (C=O) groups is 1. The molecule has 0 aliphatic heterocycles. The molecule has 2 nitrogen and oxygen atoms in total. The molecule has 0 fully saturated rings. The molecule has 5 heteroatoms. The maximum Gasteiger partial charge on any atom is 0.195 e. The zero-order valence-electron chi connectivity index (χ0n) is 7.84. The first-order valence-electron chi connectivity index (χ1n) is 4.32. The van der Waals surface area contributed by atoms with Gasteiger partial charge in [0.1, 0.15) is 5.76 Å². The average Bonchev–Trinajstić information content (AvgIpc) is 2.74. The second-order valence-corrected chi connectivity index (χ2v) is 3.04. The molecule has 0 aliphatic carbocycles. The van der Waals surface area contributed by atoms with Crippen molar-refractivity contribution in [2.24, 2.45) is 0 Å². The monoisotopic (exact) mass is 226 g/mol. The van der Waals surface area contributed by atoms with Gasteiger partial charge in [0.05, 0.1) is 5.56 Å². The number of aldehydes is 1. The van der Waals surface area contributed by atoms with Crippen LogP contribution in [-0.4, -0.2) is 6.29 Å². The van der Waals surface area contributed by atoms with E-state index in [0.717, 1.165) is 12.1 Å². The van der Waals surface area contributed by atoms with E-state index in [4.69, 9.17) is 4.42 Å². The van der Waals surface area contributed by atoms with Crippen LogP contribution in [0.5, 0.6) is 0 Å². The minimum atomic E-state index is -1.57. The predicted octanol–water partition coefficient (Wildman–Crippen LogP) is 3.18. The van der Waals surface area contributed by atoms with Gasteiger partial charge < -0.3 is 4.42 Å². The molecule has 0 unspecified atom stereocenters. The van der Waals surface area contributed by atoms with Crippen LogP contribution < -0.4 is 0 Å². The Labute approximate surface area is 88.3 Å². The lowest BCUT2D eigenvalue weighted by Gasteiger charge is -2.00. The SMILES string of the molecule is O=Cc1ccc(-c2ccc(F)c(F)c2F)o1. The molecule has 16 heavy (non-hydrogen) atoms. The Bertz CT molecular complexity index is 546. The van der Waals surface area contributed by atoms with Gasteiger partial charge in [-0.1, -0.05) is 0 Å². The van der Waals surface area contributed by atoms with Crippen LogP contribution in [0.2, 0.25) is 0 Å². The highest BCUT2D eigenvalue weighted by Gasteiger charge is 2.16. The molecule has 1 heterocycles. The minimum absolute atomic E-state index is 0.0147. The maximum atomic E-state index is 13.3. The normalized spacial score (nSPS) is 10.4. The van der Waals surface area contributed by atoms with Crippen LogP contribution in [0.25, 0.3) is 11.3 Å². The van der Waals surface area contributed by atoms with E-state index >= 15 is 0 Å². The molecule has 2 rings (SSSR count). The molecule has 0 N–H and O–H groups in total. The number of hydrogen-bond donors (Lipinski definition) is 0. The van der Waals surface area contributed by atoms with E-state index in [1.807, 2.05) is 0 Å². The van der Waals surface area contributed by atoms with Crippen LogP contribution in [0.4, 0.5) is 13.2 Å². The van der Waals surface area contributed by atoms with Gasteiger partial charge in [-0.25, -0.2) is 13.2 Å². The second-order valence-electron chi connectivity index (χ2n) is 3.04. The van der Waals surface area contributed by atoms with Gasteiger partial charge >= 0.3 is 0 Å². The smallest absolute Gasteiger partial charge is 0.195 e. The van der Waals surface area contributed by atoms with Gasteiger partial charge in [0.25, 0.3) is 0 Å². The van der Waals surface area contributed by atoms with Crippen LogP contribution >= 0.6 is 0 Å². The van der Waals surface area contributed by atoms with Crippen LogP contribution in [0.1, 0.15) is 10.6 Å². The summed E-state index contributed by atoms with van der Waals surface area (Å²) in [6, 6.07) is 4.44. The first-order valence-corrected chi connectivity index (χ1v) is 4.32. The third kappa shape index (κ3) is 1.60. The molecule has 1 aromatic carbocycles.